The van der Waals surface area contributed by atoms with Gasteiger partial charge in [-0.15, -0.1) is 0 Å². The molecule has 2 fully saturated rings. The SMILES string of the molecule is CCCCCC1CCC(OCC(F)(F)Oc2ccc(-c3ccc(CCC4CCC(CCC)CC4)cc3)c(F)c2C)CC1. The van der Waals surface area contributed by atoms with Gasteiger partial charge in [-0.3, -0.25) is 0 Å². The molecule has 0 saturated heterocycles. The van der Waals surface area contributed by atoms with Crippen molar-refractivity contribution < 1.29 is 22.6 Å². The summed E-state index contributed by atoms with van der Waals surface area (Å²) in [5, 5.41) is 0. The van der Waals surface area contributed by atoms with Crippen molar-refractivity contribution in [2.24, 2.45) is 17.8 Å². The number of rotatable bonds is 15. The first-order valence-corrected chi connectivity index (χ1v) is 16.8. The highest BCUT2D eigenvalue weighted by Crippen LogP contribution is 2.36. The Labute approximate surface area is 252 Å². The summed E-state index contributed by atoms with van der Waals surface area (Å²) in [5.41, 5.74) is 2.49. The molecule has 0 N–H and O–H groups in total. The van der Waals surface area contributed by atoms with Crippen LogP contribution in [0, 0.1) is 30.5 Å². The molecule has 5 heteroatoms. The lowest BCUT2D eigenvalue weighted by Crippen LogP contribution is -2.34. The largest absolute Gasteiger partial charge is 0.430 e. The lowest BCUT2D eigenvalue weighted by atomic mass is 9.78. The molecule has 0 aliphatic heterocycles. The summed E-state index contributed by atoms with van der Waals surface area (Å²) < 4.78 is 55.4. The molecule has 2 aromatic rings. The summed E-state index contributed by atoms with van der Waals surface area (Å²) in [6.07, 6.45) is 15.3. The Morgan fingerprint density at radius 3 is 2.00 bits per heavy atom. The van der Waals surface area contributed by atoms with Gasteiger partial charge in [0.25, 0.3) is 0 Å². The fourth-order valence-electron chi connectivity index (χ4n) is 7.12. The number of benzene rings is 2. The average Bonchev–Trinajstić information content (AvgIpc) is 2.99. The van der Waals surface area contributed by atoms with Gasteiger partial charge in [0.1, 0.15) is 11.6 Å². The Hall–Kier alpha value is -2.01. The lowest BCUT2D eigenvalue weighted by Gasteiger charge is -2.30. The van der Waals surface area contributed by atoms with Crippen LogP contribution < -0.4 is 4.74 Å². The van der Waals surface area contributed by atoms with Crippen LogP contribution in [0.1, 0.15) is 121 Å². The van der Waals surface area contributed by atoms with Gasteiger partial charge in [0, 0.05) is 11.1 Å². The molecule has 4 rings (SSSR count). The molecule has 2 aliphatic carbocycles. The van der Waals surface area contributed by atoms with Gasteiger partial charge in [-0.2, -0.15) is 8.78 Å². The van der Waals surface area contributed by atoms with Crippen molar-refractivity contribution in [2.45, 2.75) is 136 Å². The third kappa shape index (κ3) is 9.76. The number of hydrogen-bond acceptors (Lipinski definition) is 2. The highest BCUT2D eigenvalue weighted by molar-refractivity contribution is 5.67. The van der Waals surface area contributed by atoms with Crippen LogP contribution >= 0.6 is 0 Å². The normalized spacial score (nSPS) is 23.2. The van der Waals surface area contributed by atoms with Crippen LogP contribution in [0.25, 0.3) is 11.1 Å². The highest BCUT2D eigenvalue weighted by atomic mass is 19.3. The van der Waals surface area contributed by atoms with Crippen molar-refractivity contribution in [1.82, 2.24) is 0 Å². The quantitative estimate of drug-likeness (QED) is 0.193. The summed E-state index contributed by atoms with van der Waals surface area (Å²) in [6.45, 7) is 5.16. The minimum absolute atomic E-state index is 0.0857. The number of hydrogen-bond donors (Lipinski definition) is 0. The molecule has 0 unspecified atom stereocenters. The molecule has 0 radical (unpaired) electrons. The van der Waals surface area contributed by atoms with E-state index in [-0.39, 0.29) is 17.4 Å². The molecule has 42 heavy (non-hydrogen) atoms. The van der Waals surface area contributed by atoms with E-state index in [2.05, 4.69) is 26.0 Å². The first-order chi connectivity index (χ1) is 20.3. The molecule has 0 bridgehead atoms. The van der Waals surface area contributed by atoms with E-state index in [9.17, 15) is 8.78 Å². The van der Waals surface area contributed by atoms with Crippen molar-refractivity contribution in [3.63, 3.8) is 0 Å². The van der Waals surface area contributed by atoms with Crippen LogP contribution in [0.2, 0.25) is 0 Å². The van der Waals surface area contributed by atoms with Gasteiger partial charge in [0.05, 0.1) is 6.10 Å². The zero-order valence-corrected chi connectivity index (χ0v) is 26.2. The predicted octanol–water partition coefficient (Wildman–Crippen LogP) is 11.5. The van der Waals surface area contributed by atoms with Crippen molar-refractivity contribution in [3.8, 4) is 16.9 Å². The Morgan fingerprint density at radius 1 is 0.738 bits per heavy atom. The van der Waals surface area contributed by atoms with Crippen LogP contribution in [-0.2, 0) is 11.2 Å². The minimum Gasteiger partial charge on any atom is -0.430 e. The monoisotopic (exact) mass is 586 g/mol. The molecule has 2 aliphatic rings. The molecular weight excluding hydrogens is 533 g/mol. The van der Waals surface area contributed by atoms with Gasteiger partial charge in [-0.1, -0.05) is 102 Å². The molecule has 0 amide bonds. The van der Waals surface area contributed by atoms with Gasteiger partial charge >= 0.3 is 6.11 Å². The molecule has 0 heterocycles. The summed E-state index contributed by atoms with van der Waals surface area (Å²) in [7, 11) is 0. The van der Waals surface area contributed by atoms with Gasteiger partial charge < -0.3 is 9.47 Å². The van der Waals surface area contributed by atoms with E-state index in [0.29, 0.717) is 11.5 Å². The number of alkyl halides is 2. The van der Waals surface area contributed by atoms with Gasteiger partial charge in [0.15, 0.2) is 6.61 Å². The maximum atomic E-state index is 15.4. The fourth-order valence-corrected chi connectivity index (χ4v) is 7.12. The summed E-state index contributed by atoms with van der Waals surface area (Å²) in [5.74, 6) is 1.75. The topological polar surface area (TPSA) is 18.5 Å². The van der Waals surface area contributed by atoms with E-state index in [1.54, 1.807) is 0 Å². The van der Waals surface area contributed by atoms with E-state index < -0.39 is 18.5 Å². The van der Waals surface area contributed by atoms with E-state index in [0.717, 1.165) is 49.5 Å². The van der Waals surface area contributed by atoms with E-state index in [1.165, 1.54) is 95.2 Å². The van der Waals surface area contributed by atoms with Crippen LogP contribution in [0.3, 0.4) is 0 Å². The molecule has 0 atom stereocenters. The zero-order valence-electron chi connectivity index (χ0n) is 26.2. The summed E-state index contributed by atoms with van der Waals surface area (Å²) in [4.78, 5) is 0. The number of ether oxygens (including phenoxy) is 2. The second-order valence-corrected chi connectivity index (χ2v) is 13.2. The van der Waals surface area contributed by atoms with Gasteiger partial charge in [-0.05, 0) is 86.5 Å². The predicted molar refractivity (Wildman–Crippen MR) is 167 cm³/mol. The Bertz CT molecular complexity index is 1070. The van der Waals surface area contributed by atoms with Gasteiger partial charge in [0.2, 0.25) is 0 Å². The fraction of sp³-hybridized carbons (Fsp3) is 0.676. The molecule has 0 spiro atoms. The van der Waals surface area contributed by atoms with Crippen molar-refractivity contribution in [1.29, 1.82) is 0 Å². The molecule has 234 valence electrons. The summed E-state index contributed by atoms with van der Waals surface area (Å²) in [6, 6.07) is 11.0. The van der Waals surface area contributed by atoms with E-state index >= 15 is 4.39 Å². The molecule has 2 saturated carbocycles. The zero-order chi connectivity index (χ0) is 30.0. The second kappa shape index (κ2) is 16.2. The maximum Gasteiger partial charge on any atom is 0.421 e. The van der Waals surface area contributed by atoms with Crippen LogP contribution in [0.15, 0.2) is 36.4 Å². The summed E-state index contributed by atoms with van der Waals surface area (Å²) >= 11 is 0. The maximum absolute atomic E-state index is 15.4. The van der Waals surface area contributed by atoms with Crippen molar-refractivity contribution >= 4 is 0 Å². The Morgan fingerprint density at radius 2 is 1.36 bits per heavy atom. The third-order valence-corrected chi connectivity index (χ3v) is 9.86. The van der Waals surface area contributed by atoms with Crippen LogP contribution in [0.5, 0.6) is 5.75 Å². The molecule has 0 aromatic heterocycles. The van der Waals surface area contributed by atoms with E-state index in [1.807, 2.05) is 12.1 Å². The number of unbranched alkanes of at least 4 members (excludes halogenated alkanes) is 2. The molecular formula is C37H53F3O2. The Balaban J connectivity index is 1.25. The lowest BCUT2D eigenvalue weighted by molar-refractivity contribution is -0.222. The smallest absolute Gasteiger partial charge is 0.421 e. The highest BCUT2D eigenvalue weighted by Gasteiger charge is 2.35. The standard InChI is InChI=1S/C37H53F3O2/c1-4-6-7-9-29-18-22-33(23-19-29)41-26-37(39,40)42-35-25-24-34(36(38)27(35)3)32-20-16-31(17-21-32)15-14-30-12-10-28(8-5-2)11-13-30/h16-17,20-21,24-25,28-30,33H,4-15,18-19,22-23,26H2,1-3H3. The first-order valence-electron chi connectivity index (χ1n) is 16.8. The molecule has 2 aromatic carbocycles. The second-order valence-electron chi connectivity index (χ2n) is 13.2. The number of halogens is 3. The van der Waals surface area contributed by atoms with Crippen LogP contribution in [-0.4, -0.2) is 18.8 Å². The first kappa shape index (κ1) is 32.9. The number of aryl methyl sites for hydroxylation is 1. The third-order valence-electron chi connectivity index (χ3n) is 9.86. The molecule has 2 nitrogen and oxygen atoms in total. The average molecular weight is 587 g/mol. The van der Waals surface area contributed by atoms with Crippen molar-refractivity contribution in [2.75, 3.05) is 6.61 Å². The minimum atomic E-state index is -3.52. The van der Waals surface area contributed by atoms with Crippen molar-refractivity contribution in [3.05, 3.63) is 53.3 Å². The van der Waals surface area contributed by atoms with E-state index in [4.69, 9.17) is 9.47 Å². The Kier molecular flexibility index (Phi) is 12.7. The van der Waals surface area contributed by atoms with Crippen LogP contribution in [0.4, 0.5) is 13.2 Å². The van der Waals surface area contributed by atoms with Gasteiger partial charge in [-0.25, -0.2) is 4.39 Å².